The number of benzene rings is 1. The molecule has 3 N–H and O–H groups in total. The minimum absolute atomic E-state index is 0. The van der Waals surface area contributed by atoms with Crippen molar-refractivity contribution < 1.29 is 31.3 Å². The average Bonchev–Trinajstić information content (AvgIpc) is 2.15. The molecule has 1 aromatic rings. The lowest BCUT2D eigenvalue weighted by Gasteiger charge is -2.14. The Morgan fingerprint density at radius 1 is 1.12 bits per heavy atom. The number of quaternary nitrogens is 1. The highest BCUT2D eigenvalue weighted by molar-refractivity contribution is 5.27. The first-order valence-corrected chi connectivity index (χ1v) is 4.82. The van der Waals surface area contributed by atoms with Gasteiger partial charge in [0.2, 0.25) is 6.04 Å². The SMILES string of the molecule is CC(C)c1cccc([C@@H]([NH3+])C(F)(F)F)c1.[Cl-]. The predicted octanol–water partition coefficient (Wildman–Crippen LogP) is -0.341. The van der Waals surface area contributed by atoms with Gasteiger partial charge in [0.1, 0.15) is 0 Å². The molecule has 0 radical (unpaired) electrons. The first-order chi connectivity index (χ1) is 6.82. The van der Waals surface area contributed by atoms with Crippen molar-refractivity contribution in [3.8, 4) is 0 Å². The molecule has 0 aliphatic carbocycles. The monoisotopic (exact) mass is 253 g/mol. The maximum absolute atomic E-state index is 12.4. The van der Waals surface area contributed by atoms with Crippen LogP contribution in [0.3, 0.4) is 0 Å². The highest BCUT2D eigenvalue weighted by Gasteiger charge is 2.41. The zero-order chi connectivity index (χ0) is 11.6. The Balaban J connectivity index is 0.00000225. The van der Waals surface area contributed by atoms with E-state index in [1.807, 2.05) is 19.9 Å². The second-order valence-electron chi connectivity index (χ2n) is 3.92. The number of hydrogen-bond donors (Lipinski definition) is 1. The molecule has 0 unspecified atom stereocenters. The molecular weight excluding hydrogens is 239 g/mol. The number of rotatable bonds is 2. The highest BCUT2D eigenvalue weighted by Crippen LogP contribution is 2.30. The summed E-state index contributed by atoms with van der Waals surface area (Å²) < 4.78 is 37.2. The largest absolute Gasteiger partial charge is 1.00 e. The van der Waals surface area contributed by atoms with Gasteiger partial charge in [-0.2, -0.15) is 13.2 Å². The maximum Gasteiger partial charge on any atom is 0.445 e. The van der Waals surface area contributed by atoms with E-state index in [1.165, 1.54) is 6.07 Å². The van der Waals surface area contributed by atoms with Crippen LogP contribution in [-0.4, -0.2) is 6.18 Å². The van der Waals surface area contributed by atoms with E-state index in [9.17, 15) is 13.2 Å². The Bertz CT molecular complexity index is 336. The fourth-order valence-corrected chi connectivity index (χ4v) is 1.32. The van der Waals surface area contributed by atoms with E-state index in [1.54, 1.807) is 12.1 Å². The van der Waals surface area contributed by atoms with Crippen LogP contribution in [0.25, 0.3) is 0 Å². The van der Waals surface area contributed by atoms with Crippen LogP contribution in [0.2, 0.25) is 0 Å². The van der Waals surface area contributed by atoms with Crippen LogP contribution in [0.15, 0.2) is 24.3 Å². The quantitative estimate of drug-likeness (QED) is 0.747. The Hall–Kier alpha value is -0.740. The summed E-state index contributed by atoms with van der Waals surface area (Å²) in [5.74, 6) is 0.227. The van der Waals surface area contributed by atoms with Gasteiger partial charge in [0.05, 0.1) is 0 Å². The molecule has 0 saturated carbocycles. The topological polar surface area (TPSA) is 27.6 Å². The molecule has 0 bridgehead atoms. The fraction of sp³-hybridized carbons (Fsp3) is 0.455. The molecular formula is C11H15ClF3N. The van der Waals surface area contributed by atoms with Crippen molar-refractivity contribution in [3.63, 3.8) is 0 Å². The van der Waals surface area contributed by atoms with E-state index >= 15 is 0 Å². The second kappa shape index (κ2) is 5.55. The van der Waals surface area contributed by atoms with Crippen molar-refractivity contribution in [3.05, 3.63) is 35.4 Å². The van der Waals surface area contributed by atoms with Gasteiger partial charge in [0.25, 0.3) is 0 Å². The van der Waals surface area contributed by atoms with E-state index in [-0.39, 0.29) is 23.9 Å². The summed E-state index contributed by atoms with van der Waals surface area (Å²) in [5.41, 5.74) is 4.29. The van der Waals surface area contributed by atoms with Crippen LogP contribution in [-0.2, 0) is 0 Å². The Kier molecular flexibility index (Phi) is 5.29. The van der Waals surface area contributed by atoms with Crippen molar-refractivity contribution >= 4 is 0 Å². The van der Waals surface area contributed by atoms with Gasteiger partial charge in [-0.05, 0) is 17.5 Å². The molecule has 92 valence electrons. The summed E-state index contributed by atoms with van der Waals surface area (Å²) in [6.45, 7) is 3.90. The first kappa shape index (κ1) is 15.3. The zero-order valence-corrected chi connectivity index (χ0v) is 9.94. The number of hydrogen-bond acceptors (Lipinski definition) is 0. The second-order valence-corrected chi connectivity index (χ2v) is 3.92. The third-order valence-corrected chi connectivity index (χ3v) is 2.37. The van der Waals surface area contributed by atoms with Crippen molar-refractivity contribution in [1.82, 2.24) is 0 Å². The van der Waals surface area contributed by atoms with E-state index < -0.39 is 12.2 Å². The molecule has 1 aromatic carbocycles. The van der Waals surface area contributed by atoms with Gasteiger partial charge >= 0.3 is 6.18 Å². The summed E-state index contributed by atoms with van der Waals surface area (Å²) in [5, 5.41) is 0. The minimum atomic E-state index is -4.27. The maximum atomic E-state index is 12.4. The summed E-state index contributed by atoms with van der Waals surface area (Å²) in [6.07, 6.45) is -4.27. The molecule has 0 fully saturated rings. The van der Waals surface area contributed by atoms with Gasteiger partial charge < -0.3 is 18.1 Å². The van der Waals surface area contributed by atoms with Crippen molar-refractivity contribution in [2.75, 3.05) is 0 Å². The van der Waals surface area contributed by atoms with E-state index in [4.69, 9.17) is 0 Å². The van der Waals surface area contributed by atoms with Crippen LogP contribution in [0.4, 0.5) is 13.2 Å². The van der Waals surface area contributed by atoms with Gasteiger partial charge in [-0.25, -0.2) is 0 Å². The van der Waals surface area contributed by atoms with Crippen LogP contribution >= 0.6 is 0 Å². The summed E-state index contributed by atoms with van der Waals surface area (Å²) in [4.78, 5) is 0. The molecule has 0 aliphatic heterocycles. The molecule has 0 spiro atoms. The lowest BCUT2D eigenvalue weighted by atomic mass is 9.98. The Labute approximate surface area is 99.2 Å². The number of halogens is 4. The van der Waals surface area contributed by atoms with Crippen LogP contribution < -0.4 is 18.1 Å². The smallest absolute Gasteiger partial charge is 0.445 e. The molecule has 0 heterocycles. The lowest BCUT2D eigenvalue weighted by molar-refractivity contribution is -0.488. The van der Waals surface area contributed by atoms with E-state index in [2.05, 4.69) is 5.73 Å². The van der Waals surface area contributed by atoms with Gasteiger partial charge in [-0.3, -0.25) is 0 Å². The van der Waals surface area contributed by atoms with Crippen LogP contribution in [0, 0.1) is 0 Å². The molecule has 0 aromatic heterocycles. The normalized spacial score (nSPS) is 13.4. The minimum Gasteiger partial charge on any atom is -1.00 e. The molecule has 1 atom stereocenters. The van der Waals surface area contributed by atoms with Crippen LogP contribution in [0.1, 0.15) is 36.9 Å². The summed E-state index contributed by atoms with van der Waals surface area (Å²) in [6, 6.07) is 4.88. The summed E-state index contributed by atoms with van der Waals surface area (Å²) in [7, 11) is 0. The van der Waals surface area contributed by atoms with E-state index in [0.29, 0.717) is 0 Å². The van der Waals surface area contributed by atoms with Gasteiger partial charge in [0.15, 0.2) is 0 Å². The molecule has 5 heteroatoms. The van der Waals surface area contributed by atoms with Gasteiger partial charge in [-0.1, -0.05) is 32.0 Å². The fourth-order valence-electron chi connectivity index (χ4n) is 1.32. The van der Waals surface area contributed by atoms with Gasteiger partial charge in [0, 0.05) is 5.56 Å². The third kappa shape index (κ3) is 3.68. The summed E-state index contributed by atoms with van der Waals surface area (Å²) >= 11 is 0. The molecule has 0 saturated heterocycles. The number of alkyl halides is 3. The van der Waals surface area contributed by atoms with Crippen molar-refractivity contribution in [1.29, 1.82) is 0 Å². The first-order valence-electron chi connectivity index (χ1n) is 4.82. The van der Waals surface area contributed by atoms with Crippen LogP contribution in [0.5, 0.6) is 0 Å². The molecule has 1 nitrogen and oxygen atoms in total. The van der Waals surface area contributed by atoms with Gasteiger partial charge in [-0.15, -0.1) is 0 Å². The van der Waals surface area contributed by atoms with Crippen molar-refractivity contribution in [2.24, 2.45) is 0 Å². The van der Waals surface area contributed by atoms with E-state index in [0.717, 1.165) is 5.56 Å². The lowest BCUT2D eigenvalue weighted by Crippen LogP contribution is -3.00. The standard InChI is InChI=1S/C11H14F3N.ClH/c1-7(2)8-4-3-5-9(6-8)10(15)11(12,13)14;/h3-7,10H,15H2,1-2H3;1H/t10-;/m1./s1. The Morgan fingerprint density at radius 3 is 2.06 bits per heavy atom. The van der Waals surface area contributed by atoms with Crippen molar-refractivity contribution in [2.45, 2.75) is 32.0 Å². The molecule has 1 rings (SSSR count). The highest BCUT2D eigenvalue weighted by atomic mass is 35.5. The average molecular weight is 254 g/mol. The third-order valence-electron chi connectivity index (χ3n) is 2.37. The zero-order valence-electron chi connectivity index (χ0n) is 9.18. The predicted molar refractivity (Wildman–Crippen MR) is 52.2 cm³/mol. The molecule has 0 amide bonds. The Morgan fingerprint density at radius 2 is 1.62 bits per heavy atom. The molecule has 0 aliphatic rings. The molecule has 16 heavy (non-hydrogen) atoms.